The van der Waals surface area contributed by atoms with Crippen LogP contribution in [-0.2, 0) is 30.4 Å². The maximum atomic E-state index is 13.4. The van der Waals surface area contributed by atoms with E-state index in [9.17, 15) is 18.0 Å². The highest BCUT2D eigenvalue weighted by Crippen LogP contribution is 2.35. The smallest absolute Gasteiger partial charge is 0.372 e. The van der Waals surface area contributed by atoms with Crippen LogP contribution in [0.4, 0.5) is 24.5 Å². The lowest BCUT2D eigenvalue weighted by Gasteiger charge is -2.21. The molecule has 1 heterocycles. The Bertz CT molecular complexity index is 839. The predicted octanol–water partition coefficient (Wildman–Crippen LogP) is 4.66. The molecule has 0 aliphatic heterocycles. The van der Waals surface area contributed by atoms with Crippen molar-refractivity contribution in [3.63, 3.8) is 0 Å². The topological polar surface area (TPSA) is 50.2 Å². The van der Waals surface area contributed by atoms with Crippen LogP contribution in [0.5, 0.6) is 0 Å². The van der Waals surface area contributed by atoms with Gasteiger partial charge in [-0.2, -0.15) is 18.3 Å². The van der Waals surface area contributed by atoms with E-state index in [2.05, 4.69) is 29.2 Å². The monoisotopic (exact) mass is 408 g/mol. The third-order valence-electron chi connectivity index (χ3n) is 5.35. The molecule has 29 heavy (non-hydrogen) atoms. The Morgan fingerprint density at radius 1 is 1.10 bits per heavy atom. The van der Waals surface area contributed by atoms with E-state index >= 15 is 0 Å². The fraction of sp³-hybridized carbons (Fsp3) is 0.524. The minimum Gasteiger partial charge on any atom is -0.372 e. The van der Waals surface area contributed by atoms with Crippen molar-refractivity contribution in [3.8, 4) is 0 Å². The van der Waals surface area contributed by atoms with Gasteiger partial charge >= 0.3 is 6.18 Å². The summed E-state index contributed by atoms with van der Waals surface area (Å²) in [6, 6.07) is 7.45. The average molecular weight is 408 g/mol. The number of hydrogen-bond donors (Lipinski definition) is 1. The number of carbonyl (C=O) groups is 1. The summed E-state index contributed by atoms with van der Waals surface area (Å²) in [6.45, 7) is 5.68. The van der Waals surface area contributed by atoms with E-state index in [1.807, 2.05) is 12.1 Å². The number of benzene rings is 1. The van der Waals surface area contributed by atoms with Crippen LogP contribution in [0, 0.1) is 0 Å². The second-order valence-corrected chi connectivity index (χ2v) is 7.26. The molecule has 0 unspecified atom stereocenters. The molecular formula is C21H27F3N4O. The van der Waals surface area contributed by atoms with Crippen LogP contribution in [0.25, 0.3) is 0 Å². The molecule has 0 saturated heterocycles. The first-order valence-electron chi connectivity index (χ1n) is 10.1. The second kappa shape index (κ2) is 8.88. The van der Waals surface area contributed by atoms with Gasteiger partial charge in [0, 0.05) is 35.7 Å². The van der Waals surface area contributed by atoms with Gasteiger partial charge in [-0.15, -0.1) is 0 Å². The van der Waals surface area contributed by atoms with Crippen LogP contribution in [0.3, 0.4) is 0 Å². The third-order valence-corrected chi connectivity index (χ3v) is 5.35. The molecule has 158 valence electrons. The number of nitrogens with one attached hydrogen (secondary N) is 1. The SMILES string of the molecule is CCN(CC)c1ccc(NC(=O)Cn2nc(C(F)(F)F)c3c2CCCCC3)cc1. The maximum Gasteiger partial charge on any atom is 0.435 e. The largest absolute Gasteiger partial charge is 0.435 e. The number of fused-ring (bicyclic) bond motifs is 1. The molecular weight excluding hydrogens is 381 g/mol. The van der Waals surface area contributed by atoms with E-state index < -0.39 is 11.9 Å². The lowest BCUT2D eigenvalue weighted by molar-refractivity contribution is -0.142. The summed E-state index contributed by atoms with van der Waals surface area (Å²) in [7, 11) is 0. The van der Waals surface area contributed by atoms with Gasteiger partial charge in [-0.25, -0.2) is 0 Å². The number of hydrogen-bond acceptors (Lipinski definition) is 3. The van der Waals surface area contributed by atoms with Gasteiger partial charge in [0.25, 0.3) is 0 Å². The number of alkyl halides is 3. The molecule has 0 bridgehead atoms. The molecule has 0 saturated carbocycles. The zero-order valence-corrected chi connectivity index (χ0v) is 16.9. The zero-order valence-electron chi connectivity index (χ0n) is 16.9. The average Bonchev–Trinajstić information content (AvgIpc) is 2.86. The van der Waals surface area contributed by atoms with Crippen molar-refractivity contribution in [2.45, 2.75) is 58.7 Å². The minimum atomic E-state index is -4.50. The predicted molar refractivity (Wildman–Crippen MR) is 107 cm³/mol. The molecule has 0 atom stereocenters. The highest BCUT2D eigenvalue weighted by molar-refractivity contribution is 5.90. The van der Waals surface area contributed by atoms with Gasteiger partial charge in [0.05, 0.1) is 0 Å². The molecule has 5 nitrogen and oxygen atoms in total. The van der Waals surface area contributed by atoms with Crippen molar-refractivity contribution in [3.05, 3.63) is 41.2 Å². The first-order valence-corrected chi connectivity index (χ1v) is 10.1. The fourth-order valence-corrected chi connectivity index (χ4v) is 3.89. The summed E-state index contributed by atoms with van der Waals surface area (Å²) < 4.78 is 41.4. The van der Waals surface area contributed by atoms with Crippen molar-refractivity contribution in [2.75, 3.05) is 23.3 Å². The highest BCUT2D eigenvalue weighted by Gasteiger charge is 2.39. The van der Waals surface area contributed by atoms with E-state index in [0.717, 1.165) is 31.6 Å². The molecule has 1 aliphatic carbocycles. The molecule has 1 aliphatic rings. The van der Waals surface area contributed by atoms with E-state index in [-0.39, 0.29) is 18.0 Å². The van der Waals surface area contributed by atoms with Crippen LogP contribution < -0.4 is 10.2 Å². The van der Waals surface area contributed by atoms with Crippen LogP contribution in [-0.4, -0.2) is 28.8 Å². The van der Waals surface area contributed by atoms with Crippen molar-refractivity contribution >= 4 is 17.3 Å². The Morgan fingerprint density at radius 2 is 1.76 bits per heavy atom. The number of nitrogens with zero attached hydrogens (tertiary/aromatic N) is 3. The van der Waals surface area contributed by atoms with Crippen molar-refractivity contribution in [1.29, 1.82) is 0 Å². The van der Waals surface area contributed by atoms with Crippen molar-refractivity contribution < 1.29 is 18.0 Å². The summed E-state index contributed by atoms with van der Waals surface area (Å²) in [5.74, 6) is -0.385. The maximum absolute atomic E-state index is 13.4. The number of anilines is 2. The van der Waals surface area contributed by atoms with Gasteiger partial charge in [-0.05, 0) is 63.8 Å². The number of amides is 1. The first-order chi connectivity index (χ1) is 13.8. The molecule has 1 aromatic carbocycles. The van der Waals surface area contributed by atoms with Gasteiger partial charge < -0.3 is 10.2 Å². The summed E-state index contributed by atoms with van der Waals surface area (Å²) in [4.78, 5) is 14.7. The highest BCUT2D eigenvalue weighted by atomic mass is 19.4. The molecule has 0 radical (unpaired) electrons. The van der Waals surface area contributed by atoms with Gasteiger partial charge in [-0.3, -0.25) is 9.48 Å². The van der Waals surface area contributed by atoms with Crippen molar-refractivity contribution in [1.82, 2.24) is 9.78 Å². The van der Waals surface area contributed by atoms with Gasteiger partial charge in [-0.1, -0.05) is 6.42 Å². The number of halogens is 3. The molecule has 2 aromatic rings. The summed E-state index contributed by atoms with van der Waals surface area (Å²) in [5, 5.41) is 6.53. The summed E-state index contributed by atoms with van der Waals surface area (Å²) in [6.07, 6.45) is -1.21. The van der Waals surface area contributed by atoms with Crippen LogP contribution >= 0.6 is 0 Å². The molecule has 8 heteroatoms. The molecule has 3 rings (SSSR count). The minimum absolute atomic E-state index is 0.226. The van der Waals surface area contributed by atoms with E-state index in [4.69, 9.17) is 0 Å². The van der Waals surface area contributed by atoms with Crippen LogP contribution in [0.15, 0.2) is 24.3 Å². The Balaban J connectivity index is 1.75. The standard InChI is InChI=1S/C21H27F3N4O/c1-3-27(4-2)16-12-10-15(11-13-16)25-19(29)14-28-18-9-7-5-6-8-17(18)20(26-28)21(22,23)24/h10-13H,3-9,14H2,1-2H3,(H,25,29). The third kappa shape index (κ3) is 4.92. The molecule has 1 aromatic heterocycles. The Hall–Kier alpha value is -2.51. The lowest BCUT2D eigenvalue weighted by atomic mass is 10.1. The Labute approximate surface area is 168 Å². The van der Waals surface area contributed by atoms with E-state index in [1.165, 1.54) is 4.68 Å². The normalized spacial score (nSPS) is 14.2. The summed E-state index contributed by atoms with van der Waals surface area (Å²) in [5.41, 5.74) is 1.62. The first kappa shape index (κ1) is 21.2. The Kier molecular flexibility index (Phi) is 6.49. The van der Waals surface area contributed by atoms with Gasteiger partial charge in [0.15, 0.2) is 5.69 Å². The molecule has 0 spiro atoms. The van der Waals surface area contributed by atoms with Gasteiger partial charge in [0.1, 0.15) is 6.54 Å². The Morgan fingerprint density at radius 3 is 2.38 bits per heavy atom. The summed E-state index contributed by atoms with van der Waals surface area (Å²) >= 11 is 0. The van der Waals surface area contributed by atoms with Crippen LogP contribution in [0.1, 0.15) is 50.1 Å². The van der Waals surface area contributed by atoms with E-state index in [0.29, 0.717) is 30.6 Å². The van der Waals surface area contributed by atoms with Crippen molar-refractivity contribution in [2.24, 2.45) is 0 Å². The number of carbonyl (C=O) groups excluding carboxylic acids is 1. The van der Waals surface area contributed by atoms with Gasteiger partial charge in [0.2, 0.25) is 5.91 Å². The fourth-order valence-electron chi connectivity index (χ4n) is 3.89. The number of aromatic nitrogens is 2. The second-order valence-electron chi connectivity index (χ2n) is 7.26. The van der Waals surface area contributed by atoms with Crippen LogP contribution in [0.2, 0.25) is 0 Å². The zero-order chi connectivity index (χ0) is 21.0. The van der Waals surface area contributed by atoms with E-state index in [1.54, 1.807) is 12.1 Å². The molecule has 0 fully saturated rings. The number of rotatable bonds is 6. The lowest BCUT2D eigenvalue weighted by Crippen LogP contribution is -2.22. The molecule has 1 amide bonds. The quantitative estimate of drug-likeness (QED) is 0.708. The molecule has 1 N–H and O–H groups in total.